The third-order valence-corrected chi connectivity index (χ3v) is 2.71. The van der Waals surface area contributed by atoms with Crippen molar-refractivity contribution in [1.29, 1.82) is 5.26 Å². The van der Waals surface area contributed by atoms with Gasteiger partial charge in [-0.1, -0.05) is 30.3 Å². The Morgan fingerprint density at radius 3 is 2.53 bits per heavy atom. The van der Waals surface area contributed by atoms with Crippen LogP contribution in [0.5, 0.6) is 0 Å². The maximum atomic E-state index is 13.6. The Balaban J connectivity index is 2.72. The number of nitrogens with zero attached hydrogens (tertiary/aromatic N) is 1. The molecule has 19 heavy (non-hydrogen) atoms. The van der Waals surface area contributed by atoms with Gasteiger partial charge in [0.15, 0.2) is 0 Å². The maximum Gasteiger partial charge on any atom is 0.339 e. The van der Waals surface area contributed by atoms with Gasteiger partial charge in [-0.15, -0.1) is 0 Å². The van der Waals surface area contributed by atoms with Crippen LogP contribution in [0.25, 0.3) is 11.1 Å². The van der Waals surface area contributed by atoms with Gasteiger partial charge in [0.05, 0.1) is 18.2 Å². The van der Waals surface area contributed by atoms with Crippen LogP contribution in [0.2, 0.25) is 0 Å². The first-order valence-electron chi connectivity index (χ1n) is 5.54. The number of hydrogen-bond donors (Lipinski definition) is 0. The monoisotopic (exact) mass is 255 g/mol. The number of methoxy groups -OCH3 is 1. The molecule has 2 aromatic carbocycles. The lowest BCUT2D eigenvalue weighted by atomic mass is 9.96. The SMILES string of the molecule is COC(=O)c1cc(F)cc(-c2ccccc2)c1C#N. The number of carbonyl (C=O) groups is 1. The summed E-state index contributed by atoms with van der Waals surface area (Å²) in [5, 5.41) is 9.22. The van der Waals surface area contributed by atoms with E-state index in [9.17, 15) is 14.4 Å². The molecule has 2 aromatic rings. The zero-order valence-electron chi connectivity index (χ0n) is 10.2. The van der Waals surface area contributed by atoms with Gasteiger partial charge in [0, 0.05) is 5.56 Å². The summed E-state index contributed by atoms with van der Waals surface area (Å²) >= 11 is 0. The molecule has 0 aliphatic carbocycles. The fourth-order valence-electron chi connectivity index (χ4n) is 1.84. The Kier molecular flexibility index (Phi) is 3.58. The summed E-state index contributed by atoms with van der Waals surface area (Å²) in [5.74, 6) is -1.31. The second kappa shape index (κ2) is 5.32. The fourth-order valence-corrected chi connectivity index (χ4v) is 1.84. The molecule has 4 heteroatoms. The van der Waals surface area contributed by atoms with E-state index in [1.54, 1.807) is 24.3 Å². The smallest absolute Gasteiger partial charge is 0.339 e. The minimum atomic E-state index is -0.728. The van der Waals surface area contributed by atoms with E-state index in [2.05, 4.69) is 4.74 Å². The van der Waals surface area contributed by atoms with Crippen LogP contribution < -0.4 is 0 Å². The van der Waals surface area contributed by atoms with Gasteiger partial charge in [0.2, 0.25) is 0 Å². The fraction of sp³-hybridized carbons (Fsp3) is 0.0667. The molecule has 0 unspecified atom stereocenters. The Morgan fingerprint density at radius 2 is 1.95 bits per heavy atom. The molecule has 0 saturated heterocycles. The Bertz CT molecular complexity index is 660. The number of rotatable bonds is 2. The molecule has 0 aromatic heterocycles. The van der Waals surface area contributed by atoms with Crippen molar-refractivity contribution in [2.24, 2.45) is 0 Å². The molecule has 0 aliphatic heterocycles. The van der Waals surface area contributed by atoms with E-state index < -0.39 is 11.8 Å². The molecule has 2 rings (SSSR count). The molecular formula is C15H10FNO2. The standard InChI is InChI=1S/C15H10FNO2/c1-19-15(18)13-8-11(16)7-12(14(13)9-17)10-5-3-2-4-6-10/h2-8H,1H3. The lowest BCUT2D eigenvalue weighted by molar-refractivity contribution is 0.0600. The number of halogens is 1. The van der Waals surface area contributed by atoms with Crippen LogP contribution in [0.4, 0.5) is 4.39 Å². The van der Waals surface area contributed by atoms with E-state index in [-0.39, 0.29) is 11.1 Å². The van der Waals surface area contributed by atoms with E-state index in [0.717, 1.165) is 6.07 Å². The molecule has 94 valence electrons. The molecule has 0 N–H and O–H groups in total. The largest absolute Gasteiger partial charge is 0.465 e. The minimum Gasteiger partial charge on any atom is -0.465 e. The molecular weight excluding hydrogens is 245 g/mol. The highest BCUT2D eigenvalue weighted by molar-refractivity contribution is 5.95. The zero-order valence-corrected chi connectivity index (χ0v) is 10.2. The highest BCUT2D eigenvalue weighted by Gasteiger charge is 2.18. The summed E-state index contributed by atoms with van der Waals surface area (Å²) in [6.45, 7) is 0. The summed E-state index contributed by atoms with van der Waals surface area (Å²) in [4.78, 5) is 11.6. The third-order valence-electron chi connectivity index (χ3n) is 2.71. The van der Waals surface area contributed by atoms with Crippen LogP contribution in [0.15, 0.2) is 42.5 Å². The normalized spacial score (nSPS) is 9.74. The molecule has 0 bridgehead atoms. The summed E-state index contributed by atoms with van der Waals surface area (Å²) in [5.41, 5.74) is 1.09. The molecule has 0 spiro atoms. The van der Waals surface area contributed by atoms with Crippen LogP contribution in [0, 0.1) is 17.1 Å². The Labute approximate surface area is 109 Å². The van der Waals surface area contributed by atoms with Crippen molar-refractivity contribution in [3.63, 3.8) is 0 Å². The van der Waals surface area contributed by atoms with Gasteiger partial charge in [-0.2, -0.15) is 5.26 Å². The van der Waals surface area contributed by atoms with E-state index in [1.165, 1.54) is 13.2 Å². The first kappa shape index (κ1) is 12.8. The molecule has 3 nitrogen and oxygen atoms in total. The quantitative estimate of drug-likeness (QED) is 0.774. The van der Waals surface area contributed by atoms with Crippen molar-refractivity contribution in [3.05, 3.63) is 59.4 Å². The zero-order chi connectivity index (χ0) is 13.8. The van der Waals surface area contributed by atoms with Crippen molar-refractivity contribution >= 4 is 5.97 Å². The molecule has 0 atom stereocenters. The van der Waals surface area contributed by atoms with E-state index >= 15 is 0 Å². The molecule has 0 aliphatic rings. The molecule has 0 radical (unpaired) electrons. The molecule has 0 fully saturated rings. The highest BCUT2D eigenvalue weighted by Crippen LogP contribution is 2.27. The topological polar surface area (TPSA) is 50.1 Å². The summed E-state index contributed by atoms with van der Waals surface area (Å²) in [6.07, 6.45) is 0. The van der Waals surface area contributed by atoms with Gasteiger partial charge in [0.25, 0.3) is 0 Å². The minimum absolute atomic E-state index is 0.0659. The lowest BCUT2D eigenvalue weighted by Crippen LogP contribution is -2.06. The van der Waals surface area contributed by atoms with Gasteiger partial charge in [-0.3, -0.25) is 0 Å². The molecule has 0 heterocycles. The number of benzene rings is 2. The van der Waals surface area contributed by atoms with Crippen LogP contribution in [0.1, 0.15) is 15.9 Å². The van der Waals surface area contributed by atoms with Crippen molar-refractivity contribution in [2.45, 2.75) is 0 Å². The number of nitriles is 1. The first-order valence-corrected chi connectivity index (χ1v) is 5.54. The second-order valence-corrected chi connectivity index (χ2v) is 3.85. The van der Waals surface area contributed by atoms with Crippen molar-refractivity contribution in [3.8, 4) is 17.2 Å². The third kappa shape index (κ3) is 2.45. The average Bonchev–Trinajstić information content (AvgIpc) is 2.46. The van der Waals surface area contributed by atoms with Crippen molar-refractivity contribution in [1.82, 2.24) is 0 Å². The average molecular weight is 255 g/mol. The molecule has 0 saturated carbocycles. The van der Waals surface area contributed by atoms with E-state index in [1.807, 2.05) is 12.1 Å². The van der Waals surface area contributed by atoms with Gasteiger partial charge in [0.1, 0.15) is 11.9 Å². The van der Waals surface area contributed by atoms with Gasteiger partial charge in [-0.05, 0) is 17.7 Å². The lowest BCUT2D eigenvalue weighted by Gasteiger charge is -2.09. The number of hydrogen-bond acceptors (Lipinski definition) is 3. The number of esters is 1. The Hall–Kier alpha value is -2.67. The maximum absolute atomic E-state index is 13.6. The predicted molar refractivity (Wildman–Crippen MR) is 67.9 cm³/mol. The Morgan fingerprint density at radius 1 is 1.26 bits per heavy atom. The van der Waals surface area contributed by atoms with Crippen molar-refractivity contribution < 1.29 is 13.9 Å². The summed E-state index contributed by atoms with van der Waals surface area (Å²) < 4.78 is 18.2. The van der Waals surface area contributed by atoms with Gasteiger partial charge in [-0.25, -0.2) is 9.18 Å². The molecule has 0 amide bonds. The van der Waals surface area contributed by atoms with Crippen LogP contribution >= 0.6 is 0 Å². The van der Waals surface area contributed by atoms with Crippen LogP contribution in [-0.2, 0) is 4.74 Å². The van der Waals surface area contributed by atoms with Gasteiger partial charge < -0.3 is 4.74 Å². The van der Waals surface area contributed by atoms with Crippen LogP contribution in [0.3, 0.4) is 0 Å². The van der Waals surface area contributed by atoms with E-state index in [0.29, 0.717) is 11.1 Å². The predicted octanol–water partition coefficient (Wildman–Crippen LogP) is 3.15. The van der Waals surface area contributed by atoms with E-state index in [4.69, 9.17) is 0 Å². The van der Waals surface area contributed by atoms with Crippen molar-refractivity contribution in [2.75, 3.05) is 7.11 Å². The highest BCUT2D eigenvalue weighted by atomic mass is 19.1. The van der Waals surface area contributed by atoms with Crippen LogP contribution in [-0.4, -0.2) is 13.1 Å². The number of ether oxygens (including phenoxy) is 1. The number of carbonyl (C=O) groups excluding carboxylic acids is 1. The summed E-state index contributed by atoms with van der Waals surface area (Å²) in [7, 11) is 1.19. The second-order valence-electron chi connectivity index (χ2n) is 3.85. The van der Waals surface area contributed by atoms with Gasteiger partial charge >= 0.3 is 5.97 Å². The summed E-state index contributed by atoms with van der Waals surface area (Å²) in [6, 6.07) is 13.0. The first-order chi connectivity index (χ1) is 9.17.